The highest BCUT2D eigenvalue weighted by atomic mass is 16.3. The molecular weight excluding hydrogens is 274 g/mol. The quantitative estimate of drug-likeness (QED) is 0.476. The third-order valence-corrected chi connectivity index (χ3v) is 7.84. The van der Waals surface area contributed by atoms with Crippen molar-refractivity contribution in [2.24, 2.45) is 34.3 Å². The predicted octanol–water partition coefficient (Wildman–Crippen LogP) is 2.73. The first-order chi connectivity index (χ1) is 10.3. The van der Waals surface area contributed by atoms with Gasteiger partial charge in [-0.25, -0.2) is 0 Å². The zero-order valence-electron chi connectivity index (χ0n) is 13.8. The van der Waals surface area contributed by atoms with Crippen LogP contribution in [0.25, 0.3) is 0 Å². The van der Waals surface area contributed by atoms with Gasteiger partial charge >= 0.3 is 0 Å². The van der Waals surface area contributed by atoms with Gasteiger partial charge in [-0.2, -0.15) is 0 Å². The highest BCUT2D eigenvalue weighted by Gasteiger charge is 2.62. The molecule has 2 saturated carbocycles. The van der Waals surface area contributed by atoms with Crippen molar-refractivity contribution in [2.45, 2.75) is 64.2 Å². The Morgan fingerprint density at radius 1 is 1.18 bits per heavy atom. The van der Waals surface area contributed by atoms with E-state index in [1.807, 2.05) is 6.08 Å². The van der Waals surface area contributed by atoms with E-state index in [4.69, 9.17) is 5.73 Å². The van der Waals surface area contributed by atoms with Crippen molar-refractivity contribution in [3.8, 4) is 0 Å². The lowest BCUT2D eigenvalue weighted by molar-refractivity contribution is -0.114. The Bertz CT molecular complexity index is 552. The van der Waals surface area contributed by atoms with E-state index in [1.54, 1.807) is 0 Å². The van der Waals surface area contributed by atoms with Gasteiger partial charge in [-0.05, 0) is 56.3 Å². The fraction of sp³-hybridized carbons (Fsp3) is 0.789. The van der Waals surface area contributed by atoms with E-state index in [0.29, 0.717) is 17.8 Å². The van der Waals surface area contributed by atoms with Crippen LogP contribution >= 0.6 is 0 Å². The van der Waals surface area contributed by atoms with Crippen molar-refractivity contribution in [3.63, 3.8) is 0 Å². The lowest BCUT2D eigenvalue weighted by atomic mass is 9.48. The Morgan fingerprint density at radius 3 is 2.68 bits per heavy atom. The third kappa shape index (κ3) is 1.73. The first-order valence-electron chi connectivity index (χ1n) is 8.86. The van der Waals surface area contributed by atoms with Crippen molar-refractivity contribution in [1.82, 2.24) is 0 Å². The minimum Gasteiger partial charge on any atom is -0.389 e. The smallest absolute Gasteiger partial charge is 0.119 e. The molecule has 0 saturated heterocycles. The number of hydrogen-bond donors (Lipinski definition) is 3. The van der Waals surface area contributed by atoms with Crippen LogP contribution in [0.4, 0.5) is 0 Å². The molecule has 0 aromatic heterocycles. The molecule has 4 aliphatic carbocycles. The third-order valence-electron chi connectivity index (χ3n) is 7.84. The van der Waals surface area contributed by atoms with Crippen LogP contribution in [0.15, 0.2) is 23.8 Å². The van der Waals surface area contributed by atoms with Gasteiger partial charge in [0.05, 0.1) is 6.10 Å². The van der Waals surface area contributed by atoms with E-state index in [1.165, 1.54) is 5.57 Å². The van der Waals surface area contributed by atoms with Crippen LogP contribution in [-0.2, 0) is 0 Å². The van der Waals surface area contributed by atoms with E-state index in [-0.39, 0.29) is 16.9 Å². The van der Waals surface area contributed by atoms with Crippen LogP contribution in [0.2, 0.25) is 0 Å². The summed E-state index contributed by atoms with van der Waals surface area (Å²) >= 11 is 0. The Hall–Kier alpha value is -0.640. The lowest BCUT2D eigenvalue weighted by Crippen LogP contribution is -2.57. The number of rotatable bonds is 0. The van der Waals surface area contributed by atoms with Gasteiger partial charge < -0.3 is 15.9 Å². The van der Waals surface area contributed by atoms with Gasteiger partial charge in [0, 0.05) is 10.8 Å². The first-order valence-corrected chi connectivity index (χ1v) is 8.86. The van der Waals surface area contributed by atoms with Gasteiger partial charge in [-0.3, -0.25) is 0 Å². The molecule has 2 fully saturated rings. The molecule has 0 aliphatic heterocycles. The Labute approximate surface area is 133 Å². The highest BCUT2D eigenvalue weighted by molar-refractivity contribution is 5.33. The van der Waals surface area contributed by atoms with Crippen LogP contribution < -0.4 is 5.73 Å². The molecule has 0 amide bonds. The fourth-order valence-corrected chi connectivity index (χ4v) is 6.29. The fourth-order valence-electron chi connectivity index (χ4n) is 6.29. The molecule has 3 nitrogen and oxygen atoms in total. The molecule has 0 aromatic carbocycles. The number of aliphatic hydroxyl groups excluding tert-OH is 1. The largest absolute Gasteiger partial charge is 0.389 e. The summed E-state index contributed by atoms with van der Waals surface area (Å²) in [5.74, 6) is 1.77. The molecule has 0 bridgehead atoms. The lowest BCUT2D eigenvalue weighted by Gasteiger charge is -2.57. The second-order valence-electron chi connectivity index (χ2n) is 8.67. The topological polar surface area (TPSA) is 66.5 Å². The summed E-state index contributed by atoms with van der Waals surface area (Å²) in [7, 11) is 0. The number of hydrogen-bond acceptors (Lipinski definition) is 3. The number of fused-ring (bicyclic) bond motifs is 5. The zero-order valence-corrected chi connectivity index (χ0v) is 13.8. The second-order valence-corrected chi connectivity index (χ2v) is 8.67. The van der Waals surface area contributed by atoms with Gasteiger partial charge in [0.1, 0.15) is 5.72 Å². The first kappa shape index (κ1) is 14.9. The van der Waals surface area contributed by atoms with Crippen LogP contribution in [0.3, 0.4) is 0 Å². The zero-order chi connectivity index (χ0) is 15.8. The van der Waals surface area contributed by atoms with Gasteiger partial charge in [-0.15, -0.1) is 0 Å². The molecule has 0 radical (unpaired) electrons. The maximum atomic E-state index is 10.7. The van der Waals surface area contributed by atoms with Gasteiger partial charge in [-0.1, -0.05) is 37.6 Å². The van der Waals surface area contributed by atoms with Crippen LogP contribution in [0.5, 0.6) is 0 Å². The summed E-state index contributed by atoms with van der Waals surface area (Å²) in [5.41, 5.74) is 6.66. The molecule has 7 atom stereocenters. The van der Waals surface area contributed by atoms with Gasteiger partial charge in [0.25, 0.3) is 0 Å². The van der Waals surface area contributed by atoms with E-state index in [9.17, 15) is 10.2 Å². The van der Waals surface area contributed by atoms with Gasteiger partial charge in [0.15, 0.2) is 0 Å². The van der Waals surface area contributed by atoms with Crippen LogP contribution in [0, 0.1) is 28.6 Å². The van der Waals surface area contributed by atoms with E-state index in [2.05, 4.69) is 26.0 Å². The average Bonchev–Trinajstić information content (AvgIpc) is 2.70. The number of aliphatic hydroxyl groups is 2. The summed E-state index contributed by atoms with van der Waals surface area (Å²) in [6, 6.07) is 0. The summed E-state index contributed by atoms with van der Waals surface area (Å²) in [4.78, 5) is 0. The molecular formula is C19H29NO2. The summed E-state index contributed by atoms with van der Waals surface area (Å²) in [6.07, 6.45) is 12.1. The number of nitrogens with two attached hydrogens (primary N) is 1. The molecule has 0 unspecified atom stereocenters. The minimum atomic E-state index is -0.994. The van der Waals surface area contributed by atoms with E-state index < -0.39 is 5.72 Å². The molecule has 3 heteroatoms. The maximum Gasteiger partial charge on any atom is 0.119 e. The van der Waals surface area contributed by atoms with Crippen molar-refractivity contribution in [1.29, 1.82) is 0 Å². The van der Waals surface area contributed by atoms with Crippen LogP contribution in [-0.4, -0.2) is 22.0 Å². The monoisotopic (exact) mass is 303 g/mol. The summed E-state index contributed by atoms with van der Waals surface area (Å²) in [6.45, 7) is 4.56. The molecule has 4 rings (SSSR count). The van der Waals surface area contributed by atoms with Gasteiger partial charge in [0.2, 0.25) is 0 Å². The van der Waals surface area contributed by atoms with Crippen LogP contribution in [0.1, 0.15) is 52.4 Å². The van der Waals surface area contributed by atoms with Crippen molar-refractivity contribution >= 4 is 0 Å². The number of allylic oxidation sites excluding steroid dienone is 2. The SMILES string of the molecule is C[C@]12C=C[C@H](O)CC1=CC[C@@H]1[C@@H]2CC[C@@]2(C)[C@H]1CC[C@]2(N)O. The van der Waals surface area contributed by atoms with E-state index >= 15 is 0 Å². The highest BCUT2D eigenvalue weighted by Crippen LogP contribution is 2.65. The predicted molar refractivity (Wildman–Crippen MR) is 86.8 cm³/mol. The molecule has 4 aliphatic rings. The molecule has 4 N–H and O–H groups in total. The molecule has 22 heavy (non-hydrogen) atoms. The second kappa shape index (κ2) is 4.46. The molecule has 0 aromatic rings. The van der Waals surface area contributed by atoms with Crippen molar-refractivity contribution in [2.75, 3.05) is 0 Å². The molecule has 0 spiro atoms. The minimum absolute atomic E-state index is 0.0960. The van der Waals surface area contributed by atoms with Crippen molar-refractivity contribution < 1.29 is 10.2 Å². The molecule has 0 heterocycles. The Kier molecular flexibility index (Phi) is 3.03. The Morgan fingerprint density at radius 2 is 1.91 bits per heavy atom. The standard InChI is InChI=1S/C19H29NO2/c1-17-8-5-13(21)11-12(17)3-4-14-15(17)6-9-18(2)16(14)7-10-19(18,20)22/h3,5,8,13-16,21-22H,4,6-7,9-11,20H2,1-2H3/t13-,14+,15-,16-,17-,18-,19-/m0/s1. The average molecular weight is 303 g/mol. The molecule has 122 valence electrons. The Balaban J connectivity index is 1.72. The summed E-state index contributed by atoms with van der Waals surface area (Å²) < 4.78 is 0. The maximum absolute atomic E-state index is 10.7. The summed E-state index contributed by atoms with van der Waals surface area (Å²) in [5, 5.41) is 20.6. The van der Waals surface area contributed by atoms with Crippen molar-refractivity contribution in [3.05, 3.63) is 23.8 Å². The van der Waals surface area contributed by atoms with E-state index in [0.717, 1.165) is 38.5 Å². The normalized spacial score (nSPS) is 56.9.